The van der Waals surface area contributed by atoms with E-state index in [1.807, 2.05) is 42.2 Å². The first-order valence-electron chi connectivity index (χ1n) is 11.2. The average molecular weight is 422 g/mol. The molecular weight excluding hydrogens is 393 g/mol. The number of hydrogen-bond acceptors (Lipinski definition) is 3. The van der Waals surface area contributed by atoms with E-state index in [0.717, 1.165) is 42.5 Å². The van der Waals surface area contributed by atoms with Gasteiger partial charge in [-0.15, -0.1) is 0 Å². The topological polar surface area (TPSA) is 61.4 Å². The number of carbonyl (C=O) groups excluding carboxylic acids is 2. The molecule has 3 heterocycles. The summed E-state index contributed by atoms with van der Waals surface area (Å²) in [4.78, 5) is 28.5. The molecule has 2 saturated heterocycles. The number of halogens is 1. The van der Waals surface area contributed by atoms with Crippen molar-refractivity contribution in [1.29, 1.82) is 0 Å². The highest BCUT2D eigenvalue weighted by Crippen LogP contribution is 2.43. The fourth-order valence-electron chi connectivity index (χ4n) is 5.57. The van der Waals surface area contributed by atoms with Gasteiger partial charge in [0.1, 0.15) is 5.82 Å². The molecule has 31 heavy (non-hydrogen) atoms. The van der Waals surface area contributed by atoms with E-state index < -0.39 is 5.82 Å². The van der Waals surface area contributed by atoms with E-state index in [9.17, 15) is 14.0 Å². The Bertz CT molecular complexity index is 1010. The minimum absolute atomic E-state index is 0.0161. The largest absolute Gasteiger partial charge is 0.346 e. The van der Waals surface area contributed by atoms with Gasteiger partial charge in [0.25, 0.3) is 5.91 Å². The molecule has 0 spiro atoms. The van der Waals surface area contributed by atoms with Crippen LogP contribution in [-0.2, 0) is 11.2 Å². The van der Waals surface area contributed by atoms with Crippen LogP contribution >= 0.6 is 0 Å². The lowest BCUT2D eigenvalue weighted by Gasteiger charge is -2.48. The molecule has 6 heteroatoms. The van der Waals surface area contributed by atoms with E-state index in [-0.39, 0.29) is 35.9 Å². The maximum atomic E-state index is 14.5. The minimum Gasteiger partial charge on any atom is -0.346 e. The summed E-state index contributed by atoms with van der Waals surface area (Å²) in [5.74, 6) is -0.504. The molecular formula is C25H28FN3O2. The Balaban J connectivity index is 1.49. The van der Waals surface area contributed by atoms with Gasteiger partial charge < -0.3 is 15.5 Å². The Morgan fingerprint density at radius 2 is 2.06 bits per heavy atom. The highest BCUT2D eigenvalue weighted by Gasteiger charge is 2.46. The van der Waals surface area contributed by atoms with Crippen molar-refractivity contribution in [3.8, 4) is 0 Å². The molecule has 3 aliphatic heterocycles. The second-order valence-electron chi connectivity index (χ2n) is 8.97. The number of fused-ring (bicyclic) bond motifs is 4. The molecule has 0 bridgehead atoms. The van der Waals surface area contributed by atoms with E-state index in [0.29, 0.717) is 18.5 Å². The van der Waals surface area contributed by atoms with Crippen molar-refractivity contribution < 1.29 is 14.0 Å². The highest BCUT2D eigenvalue weighted by molar-refractivity contribution is 5.97. The third-order valence-electron chi connectivity index (χ3n) is 7.12. The number of carbonyl (C=O) groups is 2. The Morgan fingerprint density at radius 3 is 2.87 bits per heavy atom. The van der Waals surface area contributed by atoms with Gasteiger partial charge in [-0.3, -0.25) is 9.59 Å². The summed E-state index contributed by atoms with van der Waals surface area (Å²) in [6.45, 7) is 3.43. The molecule has 162 valence electrons. The molecule has 0 unspecified atom stereocenters. The predicted molar refractivity (Wildman–Crippen MR) is 116 cm³/mol. The molecule has 2 N–H and O–H groups in total. The number of nitrogens with one attached hydrogen (secondary N) is 2. The number of rotatable bonds is 3. The normalized spacial score (nSPS) is 25.8. The van der Waals surface area contributed by atoms with Gasteiger partial charge in [0.05, 0.1) is 18.0 Å². The van der Waals surface area contributed by atoms with E-state index in [1.165, 1.54) is 12.1 Å². The summed E-state index contributed by atoms with van der Waals surface area (Å²) >= 11 is 0. The monoisotopic (exact) mass is 421 g/mol. The second kappa shape index (κ2) is 8.08. The molecule has 0 aliphatic carbocycles. The van der Waals surface area contributed by atoms with Gasteiger partial charge in [0, 0.05) is 18.2 Å². The van der Waals surface area contributed by atoms with Crippen LogP contribution in [0.4, 0.5) is 4.39 Å². The lowest BCUT2D eigenvalue weighted by atomic mass is 9.76. The van der Waals surface area contributed by atoms with E-state index in [4.69, 9.17) is 0 Å². The third-order valence-corrected chi connectivity index (χ3v) is 7.12. The summed E-state index contributed by atoms with van der Waals surface area (Å²) in [7, 11) is 0. The molecule has 2 amide bonds. The van der Waals surface area contributed by atoms with Crippen LogP contribution in [0.15, 0.2) is 42.5 Å². The maximum Gasteiger partial charge on any atom is 0.252 e. The molecule has 2 aromatic carbocycles. The van der Waals surface area contributed by atoms with Crippen molar-refractivity contribution in [1.82, 2.24) is 15.5 Å². The van der Waals surface area contributed by atoms with Crippen LogP contribution in [0.2, 0.25) is 0 Å². The molecule has 2 aromatic rings. The summed E-state index contributed by atoms with van der Waals surface area (Å²) < 4.78 is 14.5. The van der Waals surface area contributed by atoms with Crippen LogP contribution < -0.4 is 10.6 Å². The van der Waals surface area contributed by atoms with Crippen LogP contribution in [0.25, 0.3) is 0 Å². The van der Waals surface area contributed by atoms with Gasteiger partial charge >= 0.3 is 0 Å². The smallest absolute Gasteiger partial charge is 0.252 e. The SMILES string of the molecule is C[C@@H](NC(=O)c1cc(F)cc2c1[C@@H]1C[C@@H]3NCCC[C@@H]3C(=O)N1CC2)c1ccccc1. The molecule has 0 aromatic heterocycles. The third kappa shape index (κ3) is 3.63. The van der Waals surface area contributed by atoms with Crippen LogP contribution in [-0.4, -0.2) is 35.8 Å². The van der Waals surface area contributed by atoms with E-state index >= 15 is 0 Å². The Kier molecular flexibility index (Phi) is 5.26. The zero-order valence-corrected chi connectivity index (χ0v) is 17.7. The van der Waals surface area contributed by atoms with E-state index in [2.05, 4.69) is 10.6 Å². The molecule has 5 rings (SSSR count). The summed E-state index contributed by atoms with van der Waals surface area (Å²) in [5, 5.41) is 6.54. The Hall–Kier alpha value is -2.73. The minimum atomic E-state index is -0.402. The summed E-state index contributed by atoms with van der Waals surface area (Å²) in [5.41, 5.74) is 3.02. The van der Waals surface area contributed by atoms with E-state index in [1.54, 1.807) is 0 Å². The quantitative estimate of drug-likeness (QED) is 0.797. The van der Waals surface area contributed by atoms with Crippen LogP contribution in [0.3, 0.4) is 0 Å². The first kappa shape index (κ1) is 20.2. The number of hydrogen-bond donors (Lipinski definition) is 2. The number of nitrogens with zero attached hydrogens (tertiary/aromatic N) is 1. The fraction of sp³-hybridized carbons (Fsp3) is 0.440. The standard InChI is InChI=1S/C25H28FN3O2/c1-15(16-6-3-2-4-7-16)28-24(30)20-13-18(26)12-17-9-11-29-22(23(17)20)14-21-19(25(29)31)8-5-10-27-21/h2-4,6-7,12-13,15,19,21-22,27H,5,8-11,14H2,1H3,(H,28,30)/t15-,19+,21+,22+/m1/s1. The fourth-order valence-corrected chi connectivity index (χ4v) is 5.57. The van der Waals surface area contributed by atoms with Crippen molar-refractivity contribution in [2.75, 3.05) is 13.1 Å². The zero-order valence-electron chi connectivity index (χ0n) is 17.7. The van der Waals surface area contributed by atoms with Crippen molar-refractivity contribution in [2.24, 2.45) is 5.92 Å². The Morgan fingerprint density at radius 1 is 1.26 bits per heavy atom. The molecule has 3 aliphatic rings. The second-order valence-corrected chi connectivity index (χ2v) is 8.97. The first-order valence-corrected chi connectivity index (χ1v) is 11.2. The van der Waals surface area contributed by atoms with Gasteiger partial charge in [-0.25, -0.2) is 4.39 Å². The van der Waals surface area contributed by atoms with Crippen molar-refractivity contribution in [3.63, 3.8) is 0 Å². The van der Waals surface area contributed by atoms with Gasteiger partial charge in [0.15, 0.2) is 0 Å². The van der Waals surface area contributed by atoms with Gasteiger partial charge in [-0.2, -0.15) is 0 Å². The highest BCUT2D eigenvalue weighted by atomic mass is 19.1. The summed E-state index contributed by atoms with van der Waals surface area (Å²) in [6.07, 6.45) is 3.27. The number of benzene rings is 2. The predicted octanol–water partition coefficient (Wildman–Crippen LogP) is 3.51. The maximum absolute atomic E-state index is 14.5. The van der Waals surface area contributed by atoms with Crippen LogP contribution in [0, 0.1) is 11.7 Å². The molecule has 4 atom stereocenters. The van der Waals surface area contributed by atoms with Crippen LogP contribution in [0.1, 0.15) is 65.3 Å². The van der Waals surface area contributed by atoms with Gasteiger partial charge in [-0.05, 0) is 68.0 Å². The van der Waals surface area contributed by atoms with Gasteiger partial charge in [-0.1, -0.05) is 30.3 Å². The summed E-state index contributed by atoms with van der Waals surface area (Å²) in [6, 6.07) is 12.3. The lowest BCUT2D eigenvalue weighted by Crippen LogP contribution is -2.58. The Labute approximate surface area is 182 Å². The molecule has 2 fully saturated rings. The van der Waals surface area contributed by atoms with Crippen molar-refractivity contribution in [2.45, 2.75) is 50.7 Å². The zero-order chi connectivity index (χ0) is 21.5. The molecule has 5 nitrogen and oxygen atoms in total. The number of piperidine rings is 2. The average Bonchev–Trinajstić information content (AvgIpc) is 2.79. The van der Waals surface area contributed by atoms with Crippen molar-refractivity contribution >= 4 is 11.8 Å². The van der Waals surface area contributed by atoms with Crippen molar-refractivity contribution in [3.05, 3.63) is 70.5 Å². The van der Waals surface area contributed by atoms with Crippen LogP contribution in [0.5, 0.6) is 0 Å². The first-order chi connectivity index (χ1) is 15.0. The molecule has 0 saturated carbocycles. The van der Waals surface area contributed by atoms with Gasteiger partial charge in [0.2, 0.25) is 5.91 Å². The lowest BCUT2D eigenvalue weighted by molar-refractivity contribution is -0.145. The number of amides is 2. The molecule has 0 radical (unpaired) electrons.